The molecular weight excluding hydrogens is 214 g/mol. The molecule has 0 atom stereocenters. The van der Waals surface area contributed by atoms with Gasteiger partial charge in [0.25, 0.3) is 10.1 Å². The summed E-state index contributed by atoms with van der Waals surface area (Å²) in [4.78, 5) is -0.246. The first-order valence-electron chi connectivity index (χ1n) is 3.35. The molecule has 1 aromatic rings. The molecule has 0 saturated carbocycles. The van der Waals surface area contributed by atoms with Gasteiger partial charge in [-0.3, -0.25) is 4.55 Å². The van der Waals surface area contributed by atoms with Gasteiger partial charge in [0.05, 0.1) is 15.6 Å². The lowest BCUT2D eigenvalue weighted by Crippen LogP contribution is -2.00. The number of anilines is 1. The van der Waals surface area contributed by atoms with Gasteiger partial charge >= 0.3 is 0 Å². The zero-order valence-electron chi connectivity index (χ0n) is 6.78. The van der Waals surface area contributed by atoms with Gasteiger partial charge < -0.3 is 5.73 Å². The highest BCUT2D eigenvalue weighted by atomic mass is 35.5. The Bertz CT molecular complexity index is 418. The highest BCUT2D eigenvalue weighted by molar-refractivity contribution is 7.85. The summed E-state index contributed by atoms with van der Waals surface area (Å²) in [5, 5.41) is 0.118. The number of benzene rings is 1. The van der Waals surface area contributed by atoms with Crippen LogP contribution in [0.25, 0.3) is 0 Å². The van der Waals surface area contributed by atoms with Gasteiger partial charge in [-0.25, -0.2) is 0 Å². The summed E-state index contributed by atoms with van der Waals surface area (Å²) >= 11 is 5.62. The Morgan fingerprint density at radius 3 is 2.38 bits per heavy atom. The predicted octanol–water partition coefficient (Wildman–Crippen LogP) is 1.48. The molecule has 0 fully saturated rings. The van der Waals surface area contributed by atoms with Crippen LogP contribution in [0.15, 0.2) is 17.0 Å². The van der Waals surface area contributed by atoms with E-state index in [4.69, 9.17) is 21.9 Å². The third kappa shape index (κ3) is 2.12. The molecule has 0 aromatic heterocycles. The molecule has 4 nitrogen and oxygen atoms in total. The number of rotatable bonds is 1. The van der Waals surface area contributed by atoms with E-state index in [-0.39, 0.29) is 9.92 Å². The molecule has 0 aliphatic carbocycles. The minimum Gasteiger partial charge on any atom is -0.397 e. The standard InChI is InChI=1S/C7H8ClNO3S/c1-4-2-5(13(10,11)12)3-6(8)7(4)9/h2-3H,9H2,1H3,(H,10,11,12). The average Bonchev–Trinajstić information content (AvgIpc) is 1.97. The fourth-order valence-electron chi connectivity index (χ4n) is 0.873. The second kappa shape index (κ2) is 3.17. The smallest absolute Gasteiger partial charge is 0.294 e. The van der Waals surface area contributed by atoms with Gasteiger partial charge in [0, 0.05) is 0 Å². The summed E-state index contributed by atoms with van der Waals surface area (Å²) in [6, 6.07) is 2.37. The molecule has 0 heterocycles. The molecule has 3 N–H and O–H groups in total. The van der Waals surface area contributed by atoms with Gasteiger partial charge in [-0.2, -0.15) is 8.42 Å². The fourth-order valence-corrected chi connectivity index (χ4v) is 1.80. The molecule has 0 radical (unpaired) electrons. The van der Waals surface area contributed by atoms with Gasteiger partial charge in [-0.15, -0.1) is 0 Å². The van der Waals surface area contributed by atoms with Gasteiger partial charge in [-0.05, 0) is 24.6 Å². The number of hydrogen-bond donors (Lipinski definition) is 2. The summed E-state index contributed by atoms with van der Waals surface area (Å²) in [5.74, 6) is 0. The Morgan fingerprint density at radius 1 is 1.46 bits per heavy atom. The van der Waals surface area contributed by atoms with E-state index < -0.39 is 10.1 Å². The van der Waals surface area contributed by atoms with Crippen LogP contribution in [0.2, 0.25) is 5.02 Å². The third-order valence-corrected chi connectivity index (χ3v) is 2.75. The van der Waals surface area contributed by atoms with E-state index in [0.29, 0.717) is 11.3 Å². The number of halogens is 1. The molecular formula is C7H8ClNO3S. The molecule has 0 saturated heterocycles. The molecule has 0 spiro atoms. The van der Waals surface area contributed by atoms with E-state index in [1.165, 1.54) is 6.07 Å². The van der Waals surface area contributed by atoms with Crippen LogP contribution in [0, 0.1) is 6.92 Å². The van der Waals surface area contributed by atoms with E-state index >= 15 is 0 Å². The number of nitrogens with two attached hydrogens (primary N) is 1. The van der Waals surface area contributed by atoms with Crippen molar-refractivity contribution in [2.45, 2.75) is 11.8 Å². The van der Waals surface area contributed by atoms with Crippen LogP contribution < -0.4 is 5.73 Å². The summed E-state index contributed by atoms with van der Waals surface area (Å²) in [5.41, 5.74) is 6.31. The maximum Gasteiger partial charge on any atom is 0.294 e. The van der Waals surface area contributed by atoms with Crippen LogP contribution in [0.3, 0.4) is 0 Å². The van der Waals surface area contributed by atoms with E-state index in [1.807, 2.05) is 0 Å². The highest BCUT2D eigenvalue weighted by Gasteiger charge is 2.12. The van der Waals surface area contributed by atoms with Crippen LogP contribution in [0.1, 0.15) is 5.56 Å². The topological polar surface area (TPSA) is 80.4 Å². The first-order valence-corrected chi connectivity index (χ1v) is 5.17. The molecule has 1 aromatic carbocycles. The number of nitrogen functional groups attached to an aromatic ring is 1. The van der Waals surface area contributed by atoms with E-state index in [9.17, 15) is 8.42 Å². The maximum atomic E-state index is 10.7. The second-order valence-electron chi connectivity index (χ2n) is 2.61. The molecule has 6 heteroatoms. The monoisotopic (exact) mass is 221 g/mol. The van der Waals surface area contributed by atoms with Crippen molar-refractivity contribution in [1.82, 2.24) is 0 Å². The molecule has 13 heavy (non-hydrogen) atoms. The second-order valence-corrected chi connectivity index (χ2v) is 4.44. The summed E-state index contributed by atoms with van der Waals surface area (Å²) in [6.45, 7) is 1.61. The van der Waals surface area contributed by atoms with Crippen LogP contribution in [0.4, 0.5) is 5.69 Å². The van der Waals surface area contributed by atoms with Crippen LogP contribution in [0.5, 0.6) is 0 Å². The largest absolute Gasteiger partial charge is 0.397 e. The Morgan fingerprint density at radius 2 is 2.00 bits per heavy atom. The summed E-state index contributed by atoms with van der Waals surface area (Å²) < 4.78 is 30.1. The number of hydrogen-bond acceptors (Lipinski definition) is 3. The molecule has 0 unspecified atom stereocenters. The van der Waals surface area contributed by atoms with Crippen molar-refractivity contribution in [3.05, 3.63) is 22.7 Å². The van der Waals surface area contributed by atoms with Crippen molar-refractivity contribution in [2.75, 3.05) is 5.73 Å². The van der Waals surface area contributed by atoms with Gasteiger partial charge in [0.2, 0.25) is 0 Å². The number of aryl methyl sites for hydroxylation is 1. The SMILES string of the molecule is Cc1cc(S(=O)(=O)O)cc(Cl)c1N. The maximum absolute atomic E-state index is 10.7. The first-order chi connectivity index (χ1) is 5.82. The molecule has 0 amide bonds. The molecule has 0 aliphatic heterocycles. The quantitative estimate of drug-likeness (QED) is 0.556. The lowest BCUT2D eigenvalue weighted by Gasteiger charge is -2.04. The van der Waals surface area contributed by atoms with Crippen molar-refractivity contribution < 1.29 is 13.0 Å². The van der Waals surface area contributed by atoms with Crippen molar-refractivity contribution in [1.29, 1.82) is 0 Å². The third-order valence-electron chi connectivity index (χ3n) is 1.61. The van der Waals surface area contributed by atoms with Gasteiger partial charge in [0.1, 0.15) is 0 Å². The zero-order valence-corrected chi connectivity index (χ0v) is 8.35. The Hall–Kier alpha value is -0.780. The first kappa shape index (κ1) is 10.3. The lowest BCUT2D eigenvalue weighted by molar-refractivity contribution is 0.483. The van der Waals surface area contributed by atoms with Crippen molar-refractivity contribution in [3.63, 3.8) is 0 Å². The van der Waals surface area contributed by atoms with E-state index in [1.54, 1.807) is 6.92 Å². The lowest BCUT2D eigenvalue weighted by atomic mass is 10.2. The summed E-state index contributed by atoms with van der Waals surface area (Å²) in [7, 11) is -4.20. The van der Waals surface area contributed by atoms with Gasteiger partial charge in [-0.1, -0.05) is 11.6 Å². The van der Waals surface area contributed by atoms with Crippen molar-refractivity contribution in [3.8, 4) is 0 Å². The predicted molar refractivity (Wildman–Crippen MR) is 50.4 cm³/mol. The molecule has 1 rings (SSSR count). The van der Waals surface area contributed by atoms with Crippen LogP contribution in [-0.4, -0.2) is 13.0 Å². The Balaban J connectivity index is 3.47. The van der Waals surface area contributed by atoms with Crippen molar-refractivity contribution in [2.24, 2.45) is 0 Å². The fraction of sp³-hybridized carbons (Fsp3) is 0.143. The Kier molecular flexibility index (Phi) is 2.51. The van der Waals surface area contributed by atoms with Crippen LogP contribution >= 0.6 is 11.6 Å². The van der Waals surface area contributed by atoms with Crippen LogP contribution in [-0.2, 0) is 10.1 Å². The van der Waals surface area contributed by atoms with E-state index in [2.05, 4.69) is 0 Å². The molecule has 72 valence electrons. The minimum atomic E-state index is -4.20. The van der Waals surface area contributed by atoms with Gasteiger partial charge in [0.15, 0.2) is 0 Å². The van der Waals surface area contributed by atoms with Crippen molar-refractivity contribution >= 4 is 27.4 Å². The highest BCUT2D eigenvalue weighted by Crippen LogP contribution is 2.26. The molecule has 0 aliphatic rings. The normalized spacial score (nSPS) is 11.6. The zero-order chi connectivity index (χ0) is 10.2. The Labute approximate surface area is 81.1 Å². The molecule has 0 bridgehead atoms. The van der Waals surface area contributed by atoms with E-state index in [0.717, 1.165) is 6.07 Å². The summed E-state index contributed by atoms with van der Waals surface area (Å²) in [6.07, 6.45) is 0. The average molecular weight is 222 g/mol. The minimum absolute atomic E-state index is 0.118.